The summed E-state index contributed by atoms with van der Waals surface area (Å²) in [6.45, 7) is 2.16. The number of halogens is 3. The quantitative estimate of drug-likeness (QED) is 0.479. The molecular formula is C23H22ClF2N3O4. The molecule has 3 aromatic rings. The number of fused-ring (bicyclic) bond motifs is 3. The lowest BCUT2D eigenvalue weighted by atomic mass is 9.96. The summed E-state index contributed by atoms with van der Waals surface area (Å²) < 4.78 is 38.2. The van der Waals surface area contributed by atoms with Crippen LogP contribution >= 0.6 is 11.6 Å². The first-order valence-electron chi connectivity index (χ1n) is 10.3. The number of aromatic nitrogens is 2. The number of nitrogens with zero attached hydrogens (tertiary/aromatic N) is 2. The van der Waals surface area contributed by atoms with Gasteiger partial charge in [-0.2, -0.15) is 8.78 Å². The maximum atomic E-state index is 13.2. The van der Waals surface area contributed by atoms with Crippen LogP contribution in [-0.2, 0) is 4.74 Å². The third kappa shape index (κ3) is 4.64. The molecule has 0 unspecified atom stereocenters. The predicted molar refractivity (Wildman–Crippen MR) is 118 cm³/mol. The van der Waals surface area contributed by atoms with Crippen molar-refractivity contribution in [1.82, 2.24) is 14.9 Å². The van der Waals surface area contributed by atoms with Gasteiger partial charge in [0, 0.05) is 22.6 Å². The molecule has 1 N–H and O–H groups in total. The summed E-state index contributed by atoms with van der Waals surface area (Å²) in [6.07, 6.45) is 0.195. The highest BCUT2D eigenvalue weighted by molar-refractivity contribution is 6.31. The summed E-state index contributed by atoms with van der Waals surface area (Å²) >= 11 is 6.21. The van der Waals surface area contributed by atoms with E-state index in [1.54, 1.807) is 43.5 Å². The second-order valence-electron chi connectivity index (χ2n) is 8.68. The molecule has 0 fully saturated rings. The van der Waals surface area contributed by atoms with Gasteiger partial charge in [0.25, 0.3) is 0 Å². The van der Waals surface area contributed by atoms with Crippen LogP contribution in [0.4, 0.5) is 13.6 Å². The van der Waals surface area contributed by atoms with E-state index in [0.29, 0.717) is 28.2 Å². The smallest absolute Gasteiger partial charge is 0.408 e. The minimum atomic E-state index is -3.07. The number of alkyl carbamates (subject to hydrolysis) is 1. The summed E-state index contributed by atoms with van der Waals surface area (Å²) in [6, 6.07) is 8.27. The molecule has 2 atom stereocenters. The standard InChI is InChI=1S/C23H22ClF2N3O4/c1-23(2,3)33-22(31)28-15-10-17(19-12(11-30)5-4-6-18(19)32-21(25)26)29-16-9-13(24)7-8-14(16)27-20(15)29/h4-9,11,15,17,21H,10H2,1-3H3,(H,28,31)/t15-,17-/m1/s1. The number of carbonyl (C=O) groups excluding carboxylic acids is 2. The maximum absolute atomic E-state index is 13.2. The van der Waals surface area contributed by atoms with Gasteiger partial charge in [0.2, 0.25) is 0 Å². The molecule has 0 aliphatic carbocycles. The zero-order valence-electron chi connectivity index (χ0n) is 18.1. The SMILES string of the molecule is CC(C)(C)OC(=O)N[C@@H]1C[C@H](c2c(C=O)cccc2OC(F)F)n2c1nc1ccc(Cl)cc12. The van der Waals surface area contributed by atoms with Crippen LogP contribution in [0.1, 0.15) is 61.0 Å². The van der Waals surface area contributed by atoms with Crippen molar-refractivity contribution in [3.05, 3.63) is 58.4 Å². The van der Waals surface area contributed by atoms with Crippen molar-refractivity contribution in [2.45, 2.75) is 51.5 Å². The number of rotatable bonds is 5. The van der Waals surface area contributed by atoms with E-state index in [-0.39, 0.29) is 23.3 Å². The lowest BCUT2D eigenvalue weighted by Crippen LogP contribution is -2.34. The van der Waals surface area contributed by atoms with E-state index in [9.17, 15) is 18.4 Å². The van der Waals surface area contributed by atoms with Crippen LogP contribution in [0.2, 0.25) is 5.02 Å². The maximum Gasteiger partial charge on any atom is 0.408 e. The van der Waals surface area contributed by atoms with Crippen LogP contribution in [-0.4, -0.2) is 34.1 Å². The van der Waals surface area contributed by atoms with Crippen molar-refractivity contribution >= 4 is 35.0 Å². The molecule has 4 rings (SSSR count). The lowest BCUT2D eigenvalue weighted by molar-refractivity contribution is -0.0507. The second kappa shape index (κ2) is 8.62. The van der Waals surface area contributed by atoms with Crippen LogP contribution in [0.15, 0.2) is 36.4 Å². The normalized spacial score (nSPS) is 17.8. The van der Waals surface area contributed by atoms with Crippen molar-refractivity contribution in [3.8, 4) is 5.75 Å². The molecule has 0 saturated carbocycles. The molecule has 0 spiro atoms. The Kier molecular flexibility index (Phi) is 6.00. The largest absolute Gasteiger partial charge is 0.444 e. The predicted octanol–water partition coefficient (Wildman–Crippen LogP) is 5.66. The third-order valence-corrected chi connectivity index (χ3v) is 5.46. The first-order valence-corrected chi connectivity index (χ1v) is 10.6. The summed E-state index contributed by atoms with van der Waals surface area (Å²) in [5.74, 6) is 0.374. The first-order chi connectivity index (χ1) is 15.6. The molecule has 1 amide bonds. The monoisotopic (exact) mass is 477 g/mol. The fourth-order valence-corrected chi connectivity index (χ4v) is 4.30. The van der Waals surface area contributed by atoms with Crippen LogP contribution < -0.4 is 10.1 Å². The van der Waals surface area contributed by atoms with Crippen molar-refractivity contribution in [2.75, 3.05) is 0 Å². The highest BCUT2D eigenvalue weighted by Crippen LogP contribution is 2.45. The van der Waals surface area contributed by atoms with E-state index < -0.39 is 30.4 Å². The van der Waals surface area contributed by atoms with Crippen molar-refractivity contribution in [3.63, 3.8) is 0 Å². The Bertz CT molecular complexity index is 1220. The van der Waals surface area contributed by atoms with Crippen molar-refractivity contribution in [1.29, 1.82) is 0 Å². The molecule has 33 heavy (non-hydrogen) atoms. The van der Waals surface area contributed by atoms with Gasteiger partial charge in [-0.1, -0.05) is 23.7 Å². The Morgan fingerprint density at radius 1 is 1.30 bits per heavy atom. The summed E-state index contributed by atoms with van der Waals surface area (Å²) in [7, 11) is 0. The number of carbonyl (C=O) groups is 2. The second-order valence-corrected chi connectivity index (χ2v) is 9.12. The Morgan fingerprint density at radius 3 is 2.73 bits per heavy atom. The number of amides is 1. The molecule has 0 bridgehead atoms. The average molecular weight is 478 g/mol. The molecule has 1 aromatic heterocycles. The molecule has 0 radical (unpaired) electrons. The Morgan fingerprint density at radius 2 is 2.06 bits per heavy atom. The molecule has 7 nitrogen and oxygen atoms in total. The Labute approximate surface area is 193 Å². The minimum absolute atomic E-state index is 0.118. The third-order valence-electron chi connectivity index (χ3n) is 5.23. The zero-order chi connectivity index (χ0) is 23.9. The lowest BCUT2D eigenvalue weighted by Gasteiger charge is -2.22. The molecule has 2 aromatic carbocycles. The van der Waals surface area contributed by atoms with Crippen LogP contribution in [0.25, 0.3) is 11.0 Å². The van der Waals surface area contributed by atoms with E-state index in [2.05, 4.69) is 10.3 Å². The van der Waals surface area contributed by atoms with Gasteiger partial charge < -0.3 is 19.4 Å². The summed E-state index contributed by atoms with van der Waals surface area (Å²) in [5, 5.41) is 3.27. The number of hydrogen-bond acceptors (Lipinski definition) is 5. The number of imidazole rings is 1. The highest BCUT2D eigenvalue weighted by Gasteiger charge is 2.39. The van der Waals surface area contributed by atoms with E-state index in [4.69, 9.17) is 21.1 Å². The summed E-state index contributed by atoms with van der Waals surface area (Å²) in [5.41, 5.74) is 1.01. The van der Waals surface area contributed by atoms with Crippen molar-refractivity contribution in [2.24, 2.45) is 0 Å². The topological polar surface area (TPSA) is 82.5 Å². The van der Waals surface area contributed by atoms with Crippen LogP contribution in [0, 0.1) is 0 Å². The molecule has 1 aliphatic rings. The fourth-order valence-electron chi connectivity index (χ4n) is 4.13. The Hall–Kier alpha value is -3.20. The molecule has 174 valence electrons. The van der Waals surface area contributed by atoms with Gasteiger partial charge in [0.1, 0.15) is 17.2 Å². The Balaban J connectivity index is 1.85. The molecule has 10 heteroatoms. The van der Waals surface area contributed by atoms with Crippen molar-refractivity contribution < 1.29 is 27.8 Å². The van der Waals surface area contributed by atoms with Crippen LogP contribution in [0.5, 0.6) is 5.75 Å². The van der Waals surface area contributed by atoms with Gasteiger partial charge in [-0.3, -0.25) is 4.79 Å². The zero-order valence-corrected chi connectivity index (χ0v) is 18.9. The van der Waals surface area contributed by atoms with E-state index in [0.717, 1.165) is 0 Å². The summed E-state index contributed by atoms with van der Waals surface area (Å²) in [4.78, 5) is 29.0. The highest BCUT2D eigenvalue weighted by atomic mass is 35.5. The number of ether oxygens (including phenoxy) is 2. The molecule has 0 saturated heterocycles. The van der Waals surface area contributed by atoms with Crippen LogP contribution in [0.3, 0.4) is 0 Å². The number of hydrogen-bond donors (Lipinski definition) is 1. The molecule has 1 aliphatic heterocycles. The number of benzene rings is 2. The molecular weight excluding hydrogens is 456 g/mol. The van der Waals surface area contributed by atoms with Gasteiger partial charge >= 0.3 is 12.7 Å². The first kappa shape index (κ1) is 23.0. The fraction of sp³-hybridized carbons (Fsp3) is 0.348. The number of nitrogens with one attached hydrogen (secondary N) is 1. The van der Waals surface area contributed by atoms with Gasteiger partial charge in [0.05, 0.1) is 23.1 Å². The average Bonchev–Trinajstić information content (AvgIpc) is 3.23. The van der Waals surface area contributed by atoms with Gasteiger partial charge in [-0.15, -0.1) is 0 Å². The van der Waals surface area contributed by atoms with Gasteiger partial charge in [-0.25, -0.2) is 9.78 Å². The molecule has 2 heterocycles. The number of alkyl halides is 2. The van der Waals surface area contributed by atoms with Gasteiger partial charge in [-0.05, 0) is 45.0 Å². The van der Waals surface area contributed by atoms with E-state index in [1.807, 2.05) is 0 Å². The van der Waals surface area contributed by atoms with E-state index >= 15 is 0 Å². The van der Waals surface area contributed by atoms with Gasteiger partial charge in [0.15, 0.2) is 6.29 Å². The number of aldehydes is 1. The minimum Gasteiger partial charge on any atom is -0.444 e. The van der Waals surface area contributed by atoms with E-state index in [1.165, 1.54) is 18.2 Å².